The van der Waals surface area contributed by atoms with E-state index in [-0.39, 0.29) is 24.1 Å². The number of aromatic nitrogens is 3. The Kier molecular flexibility index (Phi) is 5.72. The lowest BCUT2D eigenvalue weighted by Crippen LogP contribution is -2.29. The number of carbonyl (C=O) groups excluding carboxylic acids is 1. The van der Waals surface area contributed by atoms with Gasteiger partial charge in [-0.25, -0.2) is 13.8 Å². The second kappa shape index (κ2) is 8.18. The molecule has 0 saturated carbocycles. The molecule has 26 heavy (non-hydrogen) atoms. The van der Waals surface area contributed by atoms with Gasteiger partial charge in [-0.3, -0.25) is 9.48 Å². The fourth-order valence-corrected chi connectivity index (χ4v) is 3.36. The van der Waals surface area contributed by atoms with Crippen LogP contribution >= 0.6 is 11.3 Å². The van der Waals surface area contributed by atoms with Crippen LogP contribution in [0, 0.1) is 0 Å². The Morgan fingerprint density at radius 3 is 2.73 bits per heavy atom. The average Bonchev–Trinajstić information content (AvgIpc) is 3.29. The van der Waals surface area contributed by atoms with Crippen LogP contribution in [0.1, 0.15) is 39.7 Å². The molecule has 0 spiro atoms. The van der Waals surface area contributed by atoms with E-state index in [1.165, 1.54) is 16.0 Å². The van der Waals surface area contributed by atoms with Gasteiger partial charge in [0.15, 0.2) is 0 Å². The molecule has 3 rings (SSSR count). The standard InChI is InChI=1S/C18H18F2N4OS/c1-24-9-14(16(23-24)17(19)20)13(7-12-5-3-2-4-6-12)8-21-18(25)15-10-26-11-22-15/h2-6,9-11,13,17H,7-8H2,1H3,(H,21,25). The summed E-state index contributed by atoms with van der Waals surface area (Å²) < 4.78 is 28.2. The van der Waals surface area contributed by atoms with Gasteiger partial charge >= 0.3 is 0 Å². The topological polar surface area (TPSA) is 59.8 Å². The fourth-order valence-electron chi connectivity index (χ4n) is 2.83. The van der Waals surface area contributed by atoms with E-state index in [1.54, 1.807) is 24.1 Å². The molecule has 8 heteroatoms. The zero-order valence-corrected chi connectivity index (χ0v) is 14.9. The summed E-state index contributed by atoms with van der Waals surface area (Å²) in [5.74, 6) is -0.635. The minimum Gasteiger partial charge on any atom is -0.350 e. The van der Waals surface area contributed by atoms with Crippen molar-refractivity contribution in [2.45, 2.75) is 18.8 Å². The van der Waals surface area contributed by atoms with Crippen molar-refractivity contribution in [3.05, 3.63) is 69.9 Å². The minimum atomic E-state index is -2.67. The van der Waals surface area contributed by atoms with Crippen LogP contribution in [0.3, 0.4) is 0 Å². The summed E-state index contributed by atoms with van der Waals surface area (Å²) in [6, 6.07) is 9.58. The van der Waals surface area contributed by atoms with Gasteiger partial charge < -0.3 is 5.32 Å². The Morgan fingerprint density at radius 2 is 2.08 bits per heavy atom. The quantitative estimate of drug-likeness (QED) is 0.686. The zero-order chi connectivity index (χ0) is 18.5. The molecule has 0 aliphatic rings. The van der Waals surface area contributed by atoms with Crippen LogP contribution in [0.15, 0.2) is 47.4 Å². The predicted octanol–water partition coefficient (Wildman–Crippen LogP) is 3.57. The molecular weight excluding hydrogens is 358 g/mol. The predicted molar refractivity (Wildman–Crippen MR) is 95.5 cm³/mol. The molecule has 1 amide bonds. The first-order valence-electron chi connectivity index (χ1n) is 8.06. The van der Waals surface area contributed by atoms with Gasteiger partial charge in [0.05, 0.1) is 5.51 Å². The van der Waals surface area contributed by atoms with E-state index in [2.05, 4.69) is 15.4 Å². The summed E-state index contributed by atoms with van der Waals surface area (Å²) in [5.41, 5.74) is 3.12. The molecule has 0 aliphatic carbocycles. The summed E-state index contributed by atoms with van der Waals surface area (Å²) in [4.78, 5) is 16.2. The van der Waals surface area contributed by atoms with Gasteiger partial charge in [-0.05, 0) is 12.0 Å². The van der Waals surface area contributed by atoms with Gasteiger partial charge in [0.2, 0.25) is 0 Å². The van der Waals surface area contributed by atoms with E-state index in [4.69, 9.17) is 0 Å². The van der Waals surface area contributed by atoms with E-state index < -0.39 is 6.43 Å². The molecule has 5 nitrogen and oxygen atoms in total. The molecule has 0 fully saturated rings. The molecule has 0 aliphatic heterocycles. The number of hydrogen-bond donors (Lipinski definition) is 1. The van der Waals surface area contributed by atoms with Crippen molar-refractivity contribution >= 4 is 17.2 Å². The normalized spacial score (nSPS) is 12.3. The molecule has 0 saturated heterocycles. The summed E-state index contributed by atoms with van der Waals surface area (Å²) in [7, 11) is 1.61. The molecule has 0 bridgehead atoms. The second-order valence-corrected chi connectivity index (χ2v) is 6.63. The molecule has 1 atom stereocenters. The Morgan fingerprint density at radius 1 is 1.31 bits per heavy atom. The maximum atomic E-state index is 13.4. The first kappa shape index (κ1) is 18.2. The van der Waals surface area contributed by atoms with Gasteiger partial charge in [-0.1, -0.05) is 30.3 Å². The number of halogens is 2. The van der Waals surface area contributed by atoms with Crippen LogP contribution in [0.4, 0.5) is 8.78 Å². The van der Waals surface area contributed by atoms with E-state index in [0.717, 1.165) is 5.56 Å². The average molecular weight is 376 g/mol. The number of amides is 1. The van der Waals surface area contributed by atoms with Crippen molar-refractivity contribution in [2.24, 2.45) is 7.05 Å². The van der Waals surface area contributed by atoms with Crippen LogP contribution in [0.25, 0.3) is 0 Å². The second-order valence-electron chi connectivity index (χ2n) is 5.91. The Labute approximate surface area is 153 Å². The van der Waals surface area contributed by atoms with Crippen molar-refractivity contribution in [1.82, 2.24) is 20.1 Å². The zero-order valence-electron chi connectivity index (χ0n) is 14.1. The van der Waals surface area contributed by atoms with Crippen LogP contribution in [-0.4, -0.2) is 27.2 Å². The molecule has 2 aromatic heterocycles. The number of benzene rings is 1. The molecule has 0 radical (unpaired) electrons. The van der Waals surface area contributed by atoms with E-state index in [9.17, 15) is 13.6 Å². The van der Waals surface area contributed by atoms with E-state index in [1.807, 2.05) is 30.3 Å². The Bertz CT molecular complexity index is 849. The van der Waals surface area contributed by atoms with Crippen molar-refractivity contribution in [1.29, 1.82) is 0 Å². The third-order valence-electron chi connectivity index (χ3n) is 4.03. The number of rotatable bonds is 7. The number of nitrogens with one attached hydrogen (secondary N) is 1. The molecule has 2 heterocycles. The Hall–Kier alpha value is -2.61. The van der Waals surface area contributed by atoms with Crippen LogP contribution in [0.5, 0.6) is 0 Å². The minimum absolute atomic E-state index is 0.219. The van der Waals surface area contributed by atoms with E-state index >= 15 is 0 Å². The highest BCUT2D eigenvalue weighted by Crippen LogP contribution is 2.29. The van der Waals surface area contributed by atoms with Gasteiger partial charge in [0.25, 0.3) is 12.3 Å². The lowest BCUT2D eigenvalue weighted by molar-refractivity contribution is 0.0946. The van der Waals surface area contributed by atoms with Crippen LogP contribution in [0.2, 0.25) is 0 Å². The highest BCUT2D eigenvalue weighted by atomic mass is 32.1. The lowest BCUT2D eigenvalue weighted by Gasteiger charge is -2.18. The maximum absolute atomic E-state index is 13.4. The molecular formula is C18H18F2N4OS. The van der Waals surface area contributed by atoms with Crippen molar-refractivity contribution in [2.75, 3.05) is 6.54 Å². The highest BCUT2D eigenvalue weighted by Gasteiger charge is 2.25. The number of thiazole rings is 1. The van der Waals surface area contributed by atoms with Gasteiger partial charge in [-0.2, -0.15) is 5.10 Å². The summed E-state index contributed by atoms with van der Waals surface area (Å²) >= 11 is 1.33. The number of alkyl halides is 2. The third-order valence-corrected chi connectivity index (χ3v) is 4.62. The smallest absolute Gasteiger partial charge is 0.282 e. The summed E-state index contributed by atoms with van der Waals surface area (Å²) in [6.07, 6.45) is -0.549. The van der Waals surface area contributed by atoms with Crippen LogP contribution < -0.4 is 5.32 Å². The maximum Gasteiger partial charge on any atom is 0.282 e. The monoisotopic (exact) mass is 376 g/mol. The van der Waals surface area contributed by atoms with Crippen molar-refractivity contribution in [3.63, 3.8) is 0 Å². The lowest BCUT2D eigenvalue weighted by atomic mass is 9.92. The number of aryl methyl sites for hydroxylation is 1. The molecule has 3 aromatic rings. The van der Waals surface area contributed by atoms with Crippen LogP contribution in [-0.2, 0) is 13.5 Å². The first-order chi connectivity index (χ1) is 12.5. The van der Waals surface area contributed by atoms with E-state index in [0.29, 0.717) is 17.7 Å². The third kappa shape index (κ3) is 4.32. The van der Waals surface area contributed by atoms with Crippen molar-refractivity contribution < 1.29 is 13.6 Å². The van der Waals surface area contributed by atoms with Gasteiger partial charge in [-0.15, -0.1) is 11.3 Å². The molecule has 136 valence electrons. The number of hydrogen-bond acceptors (Lipinski definition) is 4. The van der Waals surface area contributed by atoms with Gasteiger partial charge in [0.1, 0.15) is 11.4 Å². The summed E-state index contributed by atoms with van der Waals surface area (Å²) in [6.45, 7) is 0.219. The highest BCUT2D eigenvalue weighted by molar-refractivity contribution is 7.07. The fraction of sp³-hybridized carbons (Fsp3) is 0.278. The largest absolute Gasteiger partial charge is 0.350 e. The summed E-state index contributed by atoms with van der Waals surface area (Å²) in [5, 5.41) is 8.34. The molecule has 1 aromatic carbocycles. The van der Waals surface area contributed by atoms with Gasteiger partial charge in [0, 0.05) is 36.7 Å². The Balaban J connectivity index is 1.83. The van der Waals surface area contributed by atoms with Crippen molar-refractivity contribution in [3.8, 4) is 0 Å². The molecule has 1 unspecified atom stereocenters. The first-order valence-corrected chi connectivity index (χ1v) is 9.00. The SMILES string of the molecule is Cn1cc(C(CNC(=O)c2cscn2)Cc2ccccc2)c(C(F)F)n1. The number of nitrogens with zero attached hydrogens (tertiary/aromatic N) is 3. The molecule has 1 N–H and O–H groups in total. The number of carbonyl (C=O) groups is 1.